The first-order valence-electron chi connectivity index (χ1n) is 6.36. The summed E-state index contributed by atoms with van der Waals surface area (Å²) in [6.07, 6.45) is 4.01. The van der Waals surface area contributed by atoms with E-state index in [1.807, 2.05) is 6.07 Å². The Morgan fingerprint density at radius 1 is 1.41 bits per heavy atom. The van der Waals surface area contributed by atoms with Crippen LogP contribution in [-0.2, 0) is 16.7 Å². The standard InChI is InChI=1S/C14H18FNO/c15-12-3-4-13-10(8-12)5-6-14(13,16)11-2-1-7-17-9-11/h3-4,8,11H,1-2,5-7,9,16H2. The minimum atomic E-state index is -0.302. The fraction of sp³-hybridized carbons (Fsp3) is 0.571. The van der Waals surface area contributed by atoms with Crippen LogP contribution in [0.2, 0.25) is 0 Å². The van der Waals surface area contributed by atoms with E-state index in [2.05, 4.69) is 0 Å². The van der Waals surface area contributed by atoms with Crippen LogP contribution >= 0.6 is 0 Å². The summed E-state index contributed by atoms with van der Waals surface area (Å²) in [5, 5.41) is 0. The topological polar surface area (TPSA) is 35.2 Å². The van der Waals surface area contributed by atoms with E-state index in [1.165, 1.54) is 6.07 Å². The van der Waals surface area contributed by atoms with E-state index in [1.54, 1.807) is 6.07 Å². The molecule has 1 saturated heterocycles. The molecule has 2 aliphatic rings. The number of benzene rings is 1. The summed E-state index contributed by atoms with van der Waals surface area (Å²) in [4.78, 5) is 0. The zero-order chi connectivity index (χ0) is 11.9. The first-order chi connectivity index (χ1) is 8.20. The molecule has 1 aromatic rings. The molecule has 1 heterocycles. The average molecular weight is 235 g/mol. The Bertz CT molecular complexity index is 428. The summed E-state index contributed by atoms with van der Waals surface area (Å²) in [5.74, 6) is 0.218. The molecule has 0 spiro atoms. The van der Waals surface area contributed by atoms with Crippen molar-refractivity contribution < 1.29 is 9.13 Å². The lowest BCUT2D eigenvalue weighted by Crippen LogP contribution is -2.45. The summed E-state index contributed by atoms with van der Waals surface area (Å²) >= 11 is 0. The lowest BCUT2D eigenvalue weighted by atomic mass is 9.77. The number of fused-ring (bicyclic) bond motifs is 1. The van der Waals surface area contributed by atoms with Crippen molar-refractivity contribution in [3.05, 3.63) is 35.1 Å². The van der Waals surface area contributed by atoms with Gasteiger partial charge < -0.3 is 10.5 Å². The molecule has 2 nitrogen and oxygen atoms in total. The number of nitrogens with two attached hydrogens (primary N) is 1. The molecule has 1 aliphatic carbocycles. The fourth-order valence-electron chi connectivity index (χ4n) is 3.27. The summed E-state index contributed by atoms with van der Waals surface area (Å²) in [7, 11) is 0. The Labute approximate surface area is 101 Å². The lowest BCUT2D eigenvalue weighted by molar-refractivity contribution is 0.0201. The normalized spacial score (nSPS) is 32.5. The second-order valence-corrected chi connectivity index (χ2v) is 5.26. The van der Waals surface area contributed by atoms with E-state index in [-0.39, 0.29) is 11.4 Å². The fourth-order valence-corrected chi connectivity index (χ4v) is 3.27. The van der Waals surface area contributed by atoms with Gasteiger partial charge in [-0.1, -0.05) is 6.07 Å². The summed E-state index contributed by atoms with van der Waals surface area (Å²) in [6, 6.07) is 5.02. The second-order valence-electron chi connectivity index (χ2n) is 5.26. The van der Waals surface area contributed by atoms with Crippen LogP contribution < -0.4 is 5.73 Å². The second kappa shape index (κ2) is 4.07. The van der Waals surface area contributed by atoms with Gasteiger partial charge in [-0.3, -0.25) is 0 Å². The molecule has 0 bridgehead atoms. The van der Waals surface area contributed by atoms with Crippen LogP contribution in [0.4, 0.5) is 4.39 Å². The molecular formula is C14H18FNO. The molecule has 3 heteroatoms. The third-order valence-corrected chi connectivity index (χ3v) is 4.27. The summed E-state index contributed by atoms with van der Waals surface area (Å²) in [5.41, 5.74) is 8.51. The molecule has 0 amide bonds. The van der Waals surface area contributed by atoms with Crippen molar-refractivity contribution in [1.29, 1.82) is 0 Å². The minimum Gasteiger partial charge on any atom is -0.381 e. The van der Waals surface area contributed by atoms with Crippen molar-refractivity contribution in [2.45, 2.75) is 31.2 Å². The third-order valence-electron chi connectivity index (χ3n) is 4.27. The zero-order valence-electron chi connectivity index (χ0n) is 9.92. The van der Waals surface area contributed by atoms with Gasteiger partial charge in [-0.25, -0.2) is 4.39 Å². The maximum Gasteiger partial charge on any atom is 0.123 e. The first-order valence-corrected chi connectivity index (χ1v) is 6.36. The molecule has 2 unspecified atom stereocenters. The molecule has 2 N–H and O–H groups in total. The van der Waals surface area contributed by atoms with Gasteiger partial charge in [0.05, 0.1) is 6.61 Å². The first kappa shape index (κ1) is 11.2. The van der Waals surface area contributed by atoms with Gasteiger partial charge in [0.2, 0.25) is 0 Å². The highest BCUT2D eigenvalue weighted by atomic mass is 19.1. The molecular weight excluding hydrogens is 217 g/mol. The van der Waals surface area contributed by atoms with E-state index in [9.17, 15) is 4.39 Å². The van der Waals surface area contributed by atoms with Crippen LogP contribution in [0.3, 0.4) is 0 Å². The molecule has 17 heavy (non-hydrogen) atoms. The number of halogens is 1. The Morgan fingerprint density at radius 2 is 2.29 bits per heavy atom. The Balaban J connectivity index is 1.95. The van der Waals surface area contributed by atoms with Gasteiger partial charge in [-0.2, -0.15) is 0 Å². The van der Waals surface area contributed by atoms with E-state index in [4.69, 9.17) is 10.5 Å². The summed E-state index contributed by atoms with van der Waals surface area (Å²) in [6.45, 7) is 1.59. The molecule has 2 atom stereocenters. The highest BCUT2D eigenvalue weighted by Gasteiger charge is 2.42. The molecule has 1 aromatic carbocycles. The number of hydrogen-bond acceptors (Lipinski definition) is 2. The van der Waals surface area contributed by atoms with E-state index in [0.29, 0.717) is 5.92 Å². The Kier molecular flexibility index (Phi) is 2.68. The van der Waals surface area contributed by atoms with E-state index >= 15 is 0 Å². The third kappa shape index (κ3) is 1.78. The monoisotopic (exact) mass is 235 g/mol. The largest absolute Gasteiger partial charge is 0.381 e. The van der Waals surface area contributed by atoms with Crippen molar-refractivity contribution in [3.8, 4) is 0 Å². The van der Waals surface area contributed by atoms with Crippen molar-refractivity contribution >= 4 is 0 Å². The predicted molar refractivity (Wildman–Crippen MR) is 64.1 cm³/mol. The molecule has 1 aliphatic heterocycles. The zero-order valence-corrected chi connectivity index (χ0v) is 9.92. The van der Waals surface area contributed by atoms with Crippen molar-refractivity contribution in [2.75, 3.05) is 13.2 Å². The molecule has 0 aromatic heterocycles. The van der Waals surface area contributed by atoms with Gasteiger partial charge in [0.1, 0.15) is 5.82 Å². The number of aryl methyl sites for hydroxylation is 1. The van der Waals surface area contributed by atoms with Crippen LogP contribution in [0.5, 0.6) is 0 Å². The van der Waals surface area contributed by atoms with Crippen LogP contribution in [0.15, 0.2) is 18.2 Å². The van der Waals surface area contributed by atoms with Gasteiger partial charge in [-0.15, -0.1) is 0 Å². The molecule has 0 saturated carbocycles. The van der Waals surface area contributed by atoms with Gasteiger partial charge in [-0.05, 0) is 48.9 Å². The predicted octanol–water partition coefficient (Wildman–Crippen LogP) is 2.35. The molecule has 92 valence electrons. The Hall–Kier alpha value is -0.930. The van der Waals surface area contributed by atoms with Gasteiger partial charge in [0.25, 0.3) is 0 Å². The highest BCUT2D eigenvalue weighted by Crippen LogP contribution is 2.43. The lowest BCUT2D eigenvalue weighted by Gasteiger charge is -2.37. The molecule has 1 fully saturated rings. The number of ether oxygens (including phenoxy) is 1. The maximum atomic E-state index is 13.2. The quantitative estimate of drug-likeness (QED) is 0.811. The SMILES string of the molecule is NC1(C2CCCOC2)CCc2cc(F)ccc21. The summed E-state index contributed by atoms with van der Waals surface area (Å²) < 4.78 is 18.7. The Morgan fingerprint density at radius 3 is 3.06 bits per heavy atom. The van der Waals surface area contributed by atoms with Crippen LogP contribution in [0.25, 0.3) is 0 Å². The van der Waals surface area contributed by atoms with Crippen molar-refractivity contribution in [1.82, 2.24) is 0 Å². The highest BCUT2D eigenvalue weighted by molar-refractivity contribution is 5.39. The van der Waals surface area contributed by atoms with Crippen LogP contribution in [0.1, 0.15) is 30.4 Å². The van der Waals surface area contributed by atoms with E-state index < -0.39 is 0 Å². The van der Waals surface area contributed by atoms with Gasteiger partial charge in [0, 0.05) is 18.1 Å². The molecule has 3 rings (SSSR count). The minimum absolute atomic E-state index is 0.159. The smallest absolute Gasteiger partial charge is 0.123 e. The number of hydrogen-bond donors (Lipinski definition) is 1. The van der Waals surface area contributed by atoms with Gasteiger partial charge >= 0.3 is 0 Å². The maximum absolute atomic E-state index is 13.2. The van der Waals surface area contributed by atoms with Crippen molar-refractivity contribution in [3.63, 3.8) is 0 Å². The van der Waals surface area contributed by atoms with Crippen LogP contribution in [0, 0.1) is 11.7 Å². The van der Waals surface area contributed by atoms with Gasteiger partial charge in [0.15, 0.2) is 0 Å². The van der Waals surface area contributed by atoms with Crippen LogP contribution in [-0.4, -0.2) is 13.2 Å². The average Bonchev–Trinajstić information content (AvgIpc) is 2.69. The van der Waals surface area contributed by atoms with E-state index in [0.717, 1.165) is 50.0 Å². The molecule has 0 radical (unpaired) electrons. The number of rotatable bonds is 1. The van der Waals surface area contributed by atoms with Crippen molar-refractivity contribution in [2.24, 2.45) is 11.7 Å².